The summed E-state index contributed by atoms with van der Waals surface area (Å²) in [4.78, 5) is 0. The molecule has 16 heavy (non-hydrogen) atoms. The smallest absolute Gasteiger partial charge is 0.0700 e. The van der Waals surface area contributed by atoms with Crippen molar-refractivity contribution in [3.63, 3.8) is 0 Å². The molecule has 2 fully saturated rings. The van der Waals surface area contributed by atoms with Gasteiger partial charge in [-0.25, -0.2) is 0 Å². The van der Waals surface area contributed by atoms with Crippen molar-refractivity contribution >= 4 is 0 Å². The molecular weight excluding hydrogens is 202 g/mol. The van der Waals surface area contributed by atoms with Gasteiger partial charge in [0.05, 0.1) is 12.7 Å². The summed E-state index contributed by atoms with van der Waals surface area (Å²) in [5.41, 5.74) is 0.110. The van der Waals surface area contributed by atoms with E-state index in [0.29, 0.717) is 6.10 Å². The van der Waals surface area contributed by atoms with Gasteiger partial charge in [0.2, 0.25) is 0 Å². The van der Waals surface area contributed by atoms with Gasteiger partial charge < -0.3 is 15.2 Å². The third-order valence-corrected chi connectivity index (χ3v) is 4.66. The van der Waals surface area contributed by atoms with E-state index < -0.39 is 0 Å². The summed E-state index contributed by atoms with van der Waals surface area (Å²) in [6.07, 6.45) is 6.21. The van der Waals surface area contributed by atoms with Gasteiger partial charge in [-0.15, -0.1) is 0 Å². The molecule has 0 bridgehead atoms. The first-order valence-corrected chi connectivity index (χ1v) is 6.57. The third-order valence-electron chi connectivity index (χ3n) is 4.66. The molecular formula is C13H25NO2. The van der Waals surface area contributed by atoms with E-state index in [4.69, 9.17) is 4.74 Å². The Kier molecular flexibility index (Phi) is 3.57. The second-order valence-corrected chi connectivity index (χ2v) is 5.99. The SMILES string of the molecule is CC1(C)CCCC1(CO)NCC1CCCO1. The lowest BCUT2D eigenvalue weighted by atomic mass is 9.75. The van der Waals surface area contributed by atoms with E-state index in [1.807, 2.05) is 0 Å². The minimum absolute atomic E-state index is 0.0844. The van der Waals surface area contributed by atoms with Crippen LogP contribution in [0.4, 0.5) is 0 Å². The Morgan fingerprint density at radius 2 is 2.12 bits per heavy atom. The van der Waals surface area contributed by atoms with Crippen LogP contribution in [0.3, 0.4) is 0 Å². The molecule has 3 nitrogen and oxygen atoms in total. The number of hydrogen-bond acceptors (Lipinski definition) is 3. The van der Waals surface area contributed by atoms with Gasteiger partial charge in [0.25, 0.3) is 0 Å². The highest BCUT2D eigenvalue weighted by molar-refractivity contribution is 5.05. The van der Waals surface area contributed by atoms with E-state index >= 15 is 0 Å². The summed E-state index contributed by atoms with van der Waals surface area (Å²) in [7, 11) is 0. The summed E-state index contributed by atoms with van der Waals surface area (Å²) >= 11 is 0. The van der Waals surface area contributed by atoms with E-state index in [2.05, 4.69) is 19.2 Å². The Morgan fingerprint density at radius 3 is 2.62 bits per heavy atom. The van der Waals surface area contributed by atoms with Crippen LogP contribution >= 0.6 is 0 Å². The van der Waals surface area contributed by atoms with Gasteiger partial charge in [-0.05, 0) is 31.1 Å². The van der Waals surface area contributed by atoms with Crippen LogP contribution in [-0.4, -0.2) is 36.5 Å². The molecule has 0 aromatic rings. The zero-order chi connectivity index (χ0) is 11.6. The molecule has 0 amide bonds. The number of hydrogen-bond donors (Lipinski definition) is 2. The second kappa shape index (κ2) is 4.63. The molecule has 0 aromatic heterocycles. The summed E-state index contributed by atoms with van der Waals surface area (Å²) < 4.78 is 5.63. The molecule has 2 N–H and O–H groups in total. The lowest BCUT2D eigenvalue weighted by molar-refractivity contribution is 0.0487. The molecule has 2 unspecified atom stereocenters. The minimum atomic E-state index is -0.0844. The fraction of sp³-hybridized carbons (Fsp3) is 1.00. The molecule has 1 aliphatic heterocycles. The summed E-state index contributed by atoms with van der Waals surface area (Å²) in [5.74, 6) is 0. The quantitative estimate of drug-likeness (QED) is 0.768. The molecule has 2 rings (SSSR count). The molecule has 3 heteroatoms. The Balaban J connectivity index is 1.93. The largest absolute Gasteiger partial charge is 0.394 e. The van der Waals surface area contributed by atoms with Crippen molar-refractivity contribution in [2.24, 2.45) is 5.41 Å². The summed E-state index contributed by atoms with van der Waals surface area (Å²) in [6.45, 7) is 6.57. The predicted molar refractivity (Wildman–Crippen MR) is 64.4 cm³/mol. The molecule has 1 saturated heterocycles. The van der Waals surface area contributed by atoms with Crippen LogP contribution in [0, 0.1) is 5.41 Å². The van der Waals surface area contributed by atoms with Crippen molar-refractivity contribution in [2.75, 3.05) is 19.8 Å². The van der Waals surface area contributed by atoms with Crippen molar-refractivity contribution in [2.45, 2.75) is 57.6 Å². The van der Waals surface area contributed by atoms with Crippen LogP contribution in [0.5, 0.6) is 0 Å². The van der Waals surface area contributed by atoms with E-state index in [0.717, 1.165) is 26.0 Å². The molecule has 2 atom stereocenters. The van der Waals surface area contributed by atoms with Gasteiger partial charge in [0.1, 0.15) is 0 Å². The van der Waals surface area contributed by atoms with E-state index in [-0.39, 0.29) is 17.6 Å². The zero-order valence-electron chi connectivity index (χ0n) is 10.6. The fourth-order valence-electron chi connectivity index (χ4n) is 3.20. The van der Waals surface area contributed by atoms with E-state index in [1.54, 1.807) is 0 Å². The average Bonchev–Trinajstić information content (AvgIpc) is 2.83. The van der Waals surface area contributed by atoms with Gasteiger partial charge in [-0.3, -0.25) is 0 Å². The van der Waals surface area contributed by atoms with Crippen LogP contribution in [0.2, 0.25) is 0 Å². The van der Waals surface area contributed by atoms with Crippen LogP contribution in [0.15, 0.2) is 0 Å². The van der Waals surface area contributed by atoms with Crippen molar-refractivity contribution in [3.8, 4) is 0 Å². The molecule has 2 aliphatic rings. The molecule has 1 saturated carbocycles. The van der Waals surface area contributed by atoms with Gasteiger partial charge in [-0.1, -0.05) is 20.3 Å². The van der Waals surface area contributed by atoms with Crippen molar-refractivity contribution in [1.82, 2.24) is 5.32 Å². The first-order chi connectivity index (χ1) is 7.60. The predicted octanol–water partition coefficient (Wildman–Crippen LogP) is 1.70. The number of rotatable bonds is 4. The lowest BCUT2D eigenvalue weighted by Crippen LogP contribution is -2.57. The maximum atomic E-state index is 9.72. The average molecular weight is 227 g/mol. The molecule has 1 heterocycles. The highest BCUT2D eigenvalue weighted by atomic mass is 16.5. The zero-order valence-corrected chi connectivity index (χ0v) is 10.6. The Morgan fingerprint density at radius 1 is 1.31 bits per heavy atom. The maximum Gasteiger partial charge on any atom is 0.0700 e. The lowest BCUT2D eigenvalue weighted by Gasteiger charge is -2.41. The van der Waals surface area contributed by atoms with Gasteiger partial charge >= 0.3 is 0 Å². The summed E-state index contributed by atoms with van der Waals surface area (Å²) in [5, 5.41) is 13.3. The number of ether oxygens (including phenoxy) is 1. The Bertz CT molecular complexity index is 236. The third kappa shape index (κ3) is 2.13. The second-order valence-electron chi connectivity index (χ2n) is 5.99. The van der Waals surface area contributed by atoms with Crippen molar-refractivity contribution in [3.05, 3.63) is 0 Å². The Labute approximate surface area is 98.6 Å². The number of nitrogens with one attached hydrogen (secondary N) is 1. The maximum absolute atomic E-state index is 9.72. The number of aliphatic hydroxyl groups is 1. The topological polar surface area (TPSA) is 41.5 Å². The Hall–Kier alpha value is -0.120. The van der Waals surface area contributed by atoms with Crippen molar-refractivity contribution in [1.29, 1.82) is 0 Å². The molecule has 0 radical (unpaired) electrons. The monoisotopic (exact) mass is 227 g/mol. The number of aliphatic hydroxyl groups excluding tert-OH is 1. The first-order valence-electron chi connectivity index (χ1n) is 6.57. The molecule has 0 spiro atoms. The van der Waals surface area contributed by atoms with Crippen LogP contribution < -0.4 is 5.32 Å². The molecule has 1 aliphatic carbocycles. The van der Waals surface area contributed by atoms with Crippen LogP contribution in [-0.2, 0) is 4.74 Å². The highest BCUT2D eigenvalue weighted by Crippen LogP contribution is 2.45. The summed E-state index contributed by atoms with van der Waals surface area (Å²) in [6, 6.07) is 0. The molecule has 94 valence electrons. The van der Waals surface area contributed by atoms with E-state index in [1.165, 1.54) is 19.3 Å². The normalized spacial score (nSPS) is 38.1. The van der Waals surface area contributed by atoms with E-state index in [9.17, 15) is 5.11 Å². The molecule has 0 aromatic carbocycles. The van der Waals surface area contributed by atoms with Gasteiger partial charge in [0.15, 0.2) is 0 Å². The van der Waals surface area contributed by atoms with Gasteiger partial charge in [-0.2, -0.15) is 0 Å². The minimum Gasteiger partial charge on any atom is -0.394 e. The fourth-order valence-corrected chi connectivity index (χ4v) is 3.20. The highest BCUT2D eigenvalue weighted by Gasteiger charge is 2.48. The van der Waals surface area contributed by atoms with Crippen molar-refractivity contribution < 1.29 is 9.84 Å². The van der Waals surface area contributed by atoms with Crippen LogP contribution in [0.25, 0.3) is 0 Å². The van der Waals surface area contributed by atoms with Crippen LogP contribution in [0.1, 0.15) is 46.0 Å². The van der Waals surface area contributed by atoms with Gasteiger partial charge in [0, 0.05) is 18.7 Å². The first kappa shape index (κ1) is 12.3. The standard InChI is InChI=1S/C13H25NO2/c1-12(2)6-4-7-13(12,10-15)14-9-11-5-3-8-16-11/h11,14-15H,3-10H2,1-2H3.